The van der Waals surface area contributed by atoms with Crippen molar-refractivity contribution in [2.45, 2.75) is 6.92 Å². The highest BCUT2D eigenvalue weighted by atomic mass is 127. The minimum absolute atomic E-state index is 0.158. The second-order valence-electron chi connectivity index (χ2n) is 5.43. The maximum atomic E-state index is 12.3. The smallest absolute Gasteiger partial charge is 0.264 e. The number of carbonyl (C=O) groups is 1. The molecule has 134 valence electrons. The number of hydrogen-bond acceptors (Lipinski definition) is 4. The van der Waals surface area contributed by atoms with Crippen molar-refractivity contribution >= 4 is 91.4 Å². The van der Waals surface area contributed by atoms with Gasteiger partial charge in [-0.15, -0.1) is 0 Å². The maximum Gasteiger partial charge on any atom is 0.264 e. The second-order valence-corrected chi connectivity index (χ2v) is 9.22. The van der Waals surface area contributed by atoms with E-state index >= 15 is 0 Å². The van der Waals surface area contributed by atoms with Gasteiger partial charge in [0.1, 0.15) is 5.75 Å². The van der Waals surface area contributed by atoms with Crippen LogP contribution in [0.1, 0.15) is 11.1 Å². The highest BCUT2D eigenvalue weighted by Gasteiger charge is 2.24. The van der Waals surface area contributed by atoms with Crippen LogP contribution in [0, 0.1) is 14.1 Å². The minimum Gasteiger partial charge on any atom is -0.495 e. The van der Waals surface area contributed by atoms with Gasteiger partial charge in [-0.1, -0.05) is 17.7 Å². The van der Waals surface area contributed by atoms with E-state index in [1.807, 2.05) is 37.3 Å². The van der Waals surface area contributed by atoms with Crippen molar-refractivity contribution in [2.24, 2.45) is 4.99 Å². The SMILES string of the molecule is COc1c(I)cc(/C=C2\SC(=Nc3cc(Cl)ccc3C)NC2=O)cc1I. The van der Waals surface area contributed by atoms with Crippen LogP contribution in [0.2, 0.25) is 5.02 Å². The number of rotatable bonds is 3. The lowest BCUT2D eigenvalue weighted by atomic mass is 10.2. The molecule has 1 fully saturated rings. The summed E-state index contributed by atoms with van der Waals surface area (Å²) >= 11 is 11.8. The van der Waals surface area contributed by atoms with E-state index in [-0.39, 0.29) is 5.91 Å². The number of aryl methyl sites for hydroxylation is 1. The van der Waals surface area contributed by atoms with E-state index in [1.165, 1.54) is 11.8 Å². The van der Waals surface area contributed by atoms with Crippen molar-refractivity contribution in [1.29, 1.82) is 0 Å². The van der Waals surface area contributed by atoms with Crippen LogP contribution in [0.5, 0.6) is 5.75 Å². The third kappa shape index (κ3) is 4.55. The van der Waals surface area contributed by atoms with E-state index in [9.17, 15) is 4.79 Å². The number of amidine groups is 1. The zero-order valence-corrected chi connectivity index (χ0v) is 19.7. The van der Waals surface area contributed by atoms with Gasteiger partial charge in [-0.05, 0) is 105 Å². The molecule has 0 unspecified atom stereocenters. The van der Waals surface area contributed by atoms with Crippen molar-refractivity contribution in [3.8, 4) is 5.75 Å². The number of benzene rings is 2. The number of carbonyl (C=O) groups excluding carboxylic acids is 1. The van der Waals surface area contributed by atoms with E-state index in [4.69, 9.17) is 16.3 Å². The monoisotopic (exact) mass is 610 g/mol. The number of aliphatic imine (C=N–C) groups is 1. The van der Waals surface area contributed by atoms with Gasteiger partial charge in [0.25, 0.3) is 5.91 Å². The third-order valence-corrected chi connectivity index (χ3v) is 6.31. The van der Waals surface area contributed by atoms with Gasteiger partial charge in [0, 0.05) is 5.02 Å². The highest BCUT2D eigenvalue weighted by molar-refractivity contribution is 14.1. The number of hydrogen-bond donors (Lipinski definition) is 1. The number of halogens is 3. The summed E-state index contributed by atoms with van der Waals surface area (Å²) < 4.78 is 7.37. The first-order chi connectivity index (χ1) is 12.4. The number of nitrogens with zero attached hydrogens (tertiary/aromatic N) is 1. The highest BCUT2D eigenvalue weighted by Crippen LogP contribution is 2.33. The van der Waals surface area contributed by atoms with E-state index in [0.29, 0.717) is 15.1 Å². The molecule has 0 aliphatic carbocycles. The molecule has 1 N–H and O–H groups in total. The molecule has 0 bridgehead atoms. The molecule has 8 heteroatoms. The van der Waals surface area contributed by atoms with Gasteiger partial charge >= 0.3 is 0 Å². The summed E-state index contributed by atoms with van der Waals surface area (Å²) in [6.07, 6.45) is 1.86. The first kappa shape index (κ1) is 20.0. The van der Waals surface area contributed by atoms with Crippen molar-refractivity contribution in [3.63, 3.8) is 0 Å². The van der Waals surface area contributed by atoms with Crippen molar-refractivity contribution < 1.29 is 9.53 Å². The summed E-state index contributed by atoms with van der Waals surface area (Å²) in [5.41, 5.74) is 2.68. The first-order valence-corrected chi connectivity index (χ1v) is 10.8. The van der Waals surface area contributed by atoms with Crippen LogP contribution >= 0.6 is 68.5 Å². The molecule has 1 heterocycles. The van der Waals surface area contributed by atoms with Crippen LogP contribution < -0.4 is 10.1 Å². The number of ether oxygens (including phenoxy) is 1. The Kier molecular flexibility index (Phi) is 6.52. The minimum atomic E-state index is -0.158. The predicted octanol–water partition coefficient (Wildman–Crippen LogP) is 5.76. The molecule has 2 aromatic rings. The molecule has 0 spiro atoms. The Balaban J connectivity index is 1.89. The molecule has 0 radical (unpaired) electrons. The van der Waals surface area contributed by atoms with Crippen LogP contribution in [-0.4, -0.2) is 18.2 Å². The van der Waals surface area contributed by atoms with Gasteiger partial charge in [-0.2, -0.15) is 0 Å². The van der Waals surface area contributed by atoms with Crippen LogP contribution in [0.15, 0.2) is 40.2 Å². The zero-order chi connectivity index (χ0) is 18.8. The molecule has 0 atom stereocenters. The molecule has 1 aliphatic heterocycles. The van der Waals surface area contributed by atoms with E-state index in [2.05, 4.69) is 55.5 Å². The number of amides is 1. The predicted molar refractivity (Wildman–Crippen MR) is 125 cm³/mol. The van der Waals surface area contributed by atoms with E-state index < -0.39 is 0 Å². The standard InChI is InChI=1S/C18H13ClI2N2O2S/c1-9-3-4-11(19)8-14(9)22-18-23-17(24)15(26-18)7-10-5-12(20)16(25-2)13(21)6-10/h3-8H,1-2H3,(H,22,23,24)/b15-7-. The molecule has 4 nitrogen and oxygen atoms in total. The van der Waals surface area contributed by atoms with Crippen LogP contribution in [0.4, 0.5) is 5.69 Å². The Morgan fingerprint density at radius 3 is 2.58 bits per heavy atom. The van der Waals surface area contributed by atoms with Crippen LogP contribution in [0.25, 0.3) is 6.08 Å². The molecule has 2 aromatic carbocycles. The molecule has 0 saturated carbocycles. The molecule has 26 heavy (non-hydrogen) atoms. The van der Waals surface area contributed by atoms with Gasteiger partial charge < -0.3 is 10.1 Å². The lowest BCUT2D eigenvalue weighted by Crippen LogP contribution is -2.19. The molecular weight excluding hydrogens is 598 g/mol. The molecular formula is C18H13ClI2N2O2S. The van der Waals surface area contributed by atoms with Crippen molar-refractivity contribution in [1.82, 2.24) is 5.32 Å². The fourth-order valence-electron chi connectivity index (χ4n) is 2.30. The number of methoxy groups -OCH3 is 1. The second kappa shape index (κ2) is 8.49. The quantitative estimate of drug-likeness (QED) is 0.356. The molecule has 3 rings (SSSR count). The van der Waals surface area contributed by atoms with Gasteiger partial charge in [0.05, 0.1) is 24.8 Å². The van der Waals surface area contributed by atoms with Gasteiger partial charge in [0.2, 0.25) is 0 Å². The van der Waals surface area contributed by atoms with Gasteiger partial charge in [-0.3, -0.25) is 4.79 Å². The first-order valence-electron chi connectivity index (χ1n) is 7.46. The topological polar surface area (TPSA) is 50.7 Å². The fourth-order valence-corrected chi connectivity index (χ4v) is 5.56. The summed E-state index contributed by atoms with van der Waals surface area (Å²) in [7, 11) is 1.65. The Morgan fingerprint density at radius 1 is 1.23 bits per heavy atom. The Hall–Kier alpha value is -0.780. The van der Waals surface area contributed by atoms with Crippen molar-refractivity contribution in [3.05, 3.63) is 58.5 Å². The molecule has 0 aromatic heterocycles. The maximum absolute atomic E-state index is 12.3. The Labute approximate surface area is 188 Å². The summed E-state index contributed by atoms with van der Waals surface area (Å²) in [6, 6.07) is 9.48. The van der Waals surface area contributed by atoms with E-state index in [1.54, 1.807) is 13.2 Å². The summed E-state index contributed by atoms with van der Waals surface area (Å²) in [6.45, 7) is 1.95. The number of nitrogens with one attached hydrogen (secondary N) is 1. The molecule has 1 amide bonds. The normalized spacial score (nSPS) is 17.0. The van der Waals surface area contributed by atoms with Gasteiger partial charge in [0.15, 0.2) is 5.17 Å². The average Bonchev–Trinajstić information content (AvgIpc) is 2.90. The molecule has 1 aliphatic rings. The largest absolute Gasteiger partial charge is 0.495 e. The van der Waals surface area contributed by atoms with Crippen LogP contribution in [0.3, 0.4) is 0 Å². The lowest BCUT2D eigenvalue weighted by molar-refractivity contribution is -0.115. The lowest BCUT2D eigenvalue weighted by Gasteiger charge is -2.07. The average molecular weight is 611 g/mol. The zero-order valence-electron chi connectivity index (χ0n) is 13.8. The van der Waals surface area contributed by atoms with Gasteiger partial charge in [-0.25, -0.2) is 4.99 Å². The summed E-state index contributed by atoms with van der Waals surface area (Å²) in [4.78, 5) is 17.4. The third-order valence-electron chi connectivity index (χ3n) is 3.57. The van der Waals surface area contributed by atoms with E-state index in [0.717, 1.165) is 29.7 Å². The Morgan fingerprint density at radius 2 is 1.92 bits per heavy atom. The van der Waals surface area contributed by atoms with Crippen LogP contribution in [-0.2, 0) is 4.79 Å². The molecule has 1 saturated heterocycles. The summed E-state index contributed by atoms with van der Waals surface area (Å²) in [5.74, 6) is 0.685. The van der Waals surface area contributed by atoms with Crippen molar-refractivity contribution in [2.75, 3.05) is 7.11 Å². The Bertz CT molecular complexity index is 937. The number of thioether (sulfide) groups is 1. The fraction of sp³-hybridized carbons (Fsp3) is 0.111. The summed E-state index contributed by atoms with van der Waals surface area (Å²) in [5, 5.41) is 3.96.